The lowest BCUT2D eigenvalue weighted by atomic mass is 10.2. The number of para-hydroxylation sites is 1. The van der Waals surface area contributed by atoms with E-state index >= 15 is 0 Å². The summed E-state index contributed by atoms with van der Waals surface area (Å²) in [6.07, 6.45) is 2.31. The number of aryl methyl sites for hydroxylation is 2. The number of rotatable bonds is 10. The molecule has 0 aliphatic heterocycles. The molecule has 6 nitrogen and oxygen atoms in total. The van der Waals surface area contributed by atoms with E-state index in [0.29, 0.717) is 12.6 Å². The number of benzene rings is 1. The summed E-state index contributed by atoms with van der Waals surface area (Å²) in [4.78, 5) is 7.19. The summed E-state index contributed by atoms with van der Waals surface area (Å²) in [6, 6.07) is 11.0. The van der Waals surface area contributed by atoms with Crippen LogP contribution < -0.4 is 10.6 Å². The molecule has 0 saturated heterocycles. The molecule has 0 spiro atoms. The molecule has 0 unspecified atom stereocenters. The van der Waals surface area contributed by atoms with Crippen LogP contribution in [0.4, 0.5) is 0 Å². The second-order valence-electron chi connectivity index (χ2n) is 7.87. The molecule has 0 saturated carbocycles. The molecular weight excluding hydrogens is 487 g/mol. The Bertz CT molecular complexity index is 784. The number of aliphatic imine (C=N–C) groups is 1. The molecule has 1 aromatic heterocycles. The maximum atomic E-state index is 4.81. The van der Waals surface area contributed by atoms with E-state index in [1.165, 1.54) is 6.42 Å². The van der Waals surface area contributed by atoms with Crippen LogP contribution in [-0.4, -0.2) is 53.4 Å². The lowest BCUT2D eigenvalue weighted by Crippen LogP contribution is -2.38. The van der Waals surface area contributed by atoms with E-state index in [1.807, 2.05) is 11.6 Å². The van der Waals surface area contributed by atoms with Gasteiger partial charge in [-0.25, -0.2) is 9.67 Å². The summed E-state index contributed by atoms with van der Waals surface area (Å²) in [5, 5.41) is 11.5. The summed E-state index contributed by atoms with van der Waals surface area (Å²) < 4.78 is 2.01. The number of nitrogens with zero attached hydrogens (tertiary/aromatic N) is 4. The van der Waals surface area contributed by atoms with Crippen molar-refractivity contribution in [1.29, 1.82) is 0 Å². The highest BCUT2D eigenvalue weighted by Gasteiger charge is 2.09. The van der Waals surface area contributed by atoms with Crippen LogP contribution in [0.25, 0.3) is 5.69 Å². The van der Waals surface area contributed by atoms with Crippen LogP contribution in [0.5, 0.6) is 0 Å². The average Bonchev–Trinajstić information content (AvgIpc) is 3.03. The van der Waals surface area contributed by atoms with Gasteiger partial charge in [0.2, 0.25) is 0 Å². The monoisotopic (exact) mass is 526 g/mol. The van der Waals surface area contributed by atoms with E-state index in [1.54, 1.807) is 0 Å². The van der Waals surface area contributed by atoms with Crippen LogP contribution >= 0.6 is 24.0 Å². The van der Waals surface area contributed by atoms with Crippen LogP contribution in [-0.2, 0) is 6.54 Å². The Labute approximate surface area is 199 Å². The molecule has 0 aliphatic carbocycles. The van der Waals surface area contributed by atoms with Gasteiger partial charge in [-0.1, -0.05) is 18.2 Å². The Morgan fingerprint density at radius 2 is 1.90 bits per heavy atom. The third-order valence-corrected chi connectivity index (χ3v) is 5.09. The fourth-order valence-electron chi connectivity index (χ4n) is 3.18. The lowest BCUT2D eigenvalue weighted by Gasteiger charge is -2.20. The minimum Gasteiger partial charge on any atom is -0.357 e. The summed E-state index contributed by atoms with van der Waals surface area (Å²) >= 11 is 0. The molecule has 2 rings (SSSR count). The molecule has 0 aliphatic rings. The molecular formula is C23H39IN6. The highest BCUT2D eigenvalue weighted by Crippen LogP contribution is 2.17. The van der Waals surface area contributed by atoms with Crippen molar-refractivity contribution >= 4 is 29.9 Å². The number of guanidine groups is 1. The molecule has 0 amide bonds. The molecule has 1 heterocycles. The van der Waals surface area contributed by atoms with Crippen molar-refractivity contribution in [1.82, 2.24) is 25.3 Å². The van der Waals surface area contributed by atoms with Crippen LogP contribution in [0.15, 0.2) is 35.3 Å². The van der Waals surface area contributed by atoms with Crippen LogP contribution in [0.3, 0.4) is 0 Å². The van der Waals surface area contributed by atoms with Gasteiger partial charge in [0.1, 0.15) is 0 Å². The first-order valence-corrected chi connectivity index (χ1v) is 10.8. The van der Waals surface area contributed by atoms with Gasteiger partial charge in [-0.3, -0.25) is 0 Å². The predicted octanol–water partition coefficient (Wildman–Crippen LogP) is 4.28. The van der Waals surface area contributed by atoms with Gasteiger partial charge in [-0.2, -0.15) is 5.10 Å². The van der Waals surface area contributed by atoms with Crippen LogP contribution in [0, 0.1) is 13.8 Å². The van der Waals surface area contributed by atoms with E-state index in [-0.39, 0.29) is 24.0 Å². The van der Waals surface area contributed by atoms with E-state index in [0.717, 1.165) is 54.7 Å². The Morgan fingerprint density at radius 3 is 2.53 bits per heavy atom. The normalized spacial score (nSPS) is 11.7. The van der Waals surface area contributed by atoms with E-state index < -0.39 is 0 Å². The van der Waals surface area contributed by atoms with Crippen molar-refractivity contribution in [2.24, 2.45) is 4.99 Å². The zero-order valence-electron chi connectivity index (χ0n) is 19.4. The Hall–Kier alpha value is -1.61. The SMILES string of the molecule is CCNC(=NCc1ccccc1-n1nc(C)cc1C)NCCCCN(C)C(C)C.I. The van der Waals surface area contributed by atoms with E-state index in [2.05, 4.69) is 85.7 Å². The van der Waals surface area contributed by atoms with Gasteiger partial charge >= 0.3 is 0 Å². The fraction of sp³-hybridized carbons (Fsp3) is 0.565. The van der Waals surface area contributed by atoms with Gasteiger partial charge in [-0.15, -0.1) is 24.0 Å². The van der Waals surface area contributed by atoms with Gasteiger partial charge in [-0.05, 0) is 78.7 Å². The smallest absolute Gasteiger partial charge is 0.191 e. The van der Waals surface area contributed by atoms with E-state index in [4.69, 9.17) is 4.99 Å². The second-order valence-corrected chi connectivity index (χ2v) is 7.87. The van der Waals surface area contributed by atoms with Crippen molar-refractivity contribution < 1.29 is 0 Å². The summed E-state index contributed by atoms with van der Waals surface area (Å²) in [7, 11) is 2.18. The quantitative estimate of drug-likeness (QED) is 0.210. The van der Waals surface area contributed by atoms with Crippen molar-refractivity contribution in [3.8, 4) is 5.69 Å². The molecule has 168 valence electrons. The molecule has 0 radical (unpaired) electrons. The molecule has 2 N–H and O–H groups in total. The predicted molar refractivity (Wildman–Crippen MR) is 138 cm³/mol. The largest absolute Gasteiger partial charge is 0.357 e. The Kier molecular flexibility index (Phi) is 12.0. The van der Waals surface area contributed by atoms with Gasteiger partial charge < -0.3 is 15.5 Å². The number of halogens is 1. The minimum atomic E-state index is 0. The number of aromatic nitrogens is 2. The zero-order valence-corrected chi connectivity index (χ0v) is 21.7. The topological polar surface area (TPSA) is 57.5 Å². The van der Waals surface area contributed by atoms with Gasteiger partial charge in [0, 0.05) is 24.8 Å². The Morgan fingerprint density at radius 1 is 1.17 bits per heavy atom. The first-order chi connectivity index (χ1) is 13.9. The average molecular weight is 527 g/mol. The number of hydrogen-bond donors (Lipinski definition) is 2. The molecule has 2 aromatic rings. The highest BCUT2D eigenvalue weighted by atomic mass is 127. The van der Waals surface area contributed by atoms with Crippen molar-refractivity contribution in [2.75, 3.05) is 26.7 Å². The first kappa shape index (κ1) is 26.4. The maximum absolute atomic E-state index is 4.81. The Balaban J connectivity index is 0.00000450. The number of hydrogen-bond acceptors (Lipinski definition) is 3. The molecule has 7 heteroatoms. The van der Waals surface area contributed by atoms with Gasteiger partial charge in [0.25, 0.3) is 0 Å². The summed E-state index contributed by atoms with van der Waals surface area (Å²) in [5.74, 6) is 0.868. The summed E-state index contributed by atoms with van der Waals surface area (Å²) in [6.45, 7) is 14.2. The standard InChI is InChI=1S/C23H38N6.HI/c1-7-24-23(25-14-10-11-15-28(6)18(2)3)26-17-21-12-8-9-13-22(21)29-20(5)16-19(4)27-29;/h8-9,12-13,16,18H,7,10-11,14-15,17H2,1-6H3,(H2,24,25,26);1H. The number of nitrogens with one attached hydrogen (secondary N) is 2. The number of unbranched alkanes of at least 4 members (excludes halogenated alkanes) is 1. The fourth-order valence-corrected chi connectivity index (χ4v) is 3.18. The third-order valence-electron chi connectivity index (χ3n) is 5.09. The van der Waals surface area contributed by atoms with Crippen LogP contribution in [0.2, 0.25) is 0 Å². The first-order valence-electron chi connectivity index (χ1n) is 10.8. The second kappa shape index (κ2) is 13.6. The van der Waals surface area contributed by atoms with Crippen molar-refractivity contribution in [3.63, 3.8) is 0 Å². The molecule has 0 fully saturated rings. The minimum absolute atomic E-state index is 0. The van der Waals surface area contributed by atoms with Crippen molar-refractivity contribution in [3.05, 3.63) is 47.3 Å². The third kappa shape index (κ3) is 8.26. The molecule has 0 atom stereocenters. The molecule has 1 aromatic carbocycles. The van der Waals surface area contributed by atoms with E-state index in [9.17, 15) is 0 Å². The summed E-state index contributed by atoms with van der Waals surface area (Å²) in [5.41, 5.74) is 4.41. The maximum Gasteiger partial charge on any atom is 0.191 e. The van der Waals surface area contributed by atoms with Gasteiger partial charge in [0.15, 0.2) is 5.96 Å². The lowest BCUT2D eigenvalue weighted by molar-refractivity contribution is 0.268. The van der Waals surface area contributed by atoms with Crippen LogP contribution in [0.1, 0.15) is 50.6 Å². The molecule has 30 heavy (non-hydrogen) atoms. The van der Waals surface area contributed by atoms with Gasteiger partial charge in [0.05, 0.1) is 17.9 Å². The van der Waals surface area contributed by atoms with Crippen molar-refractivity contribution in [2.45, 2.75) is 60.0 Å². The highest BCUT2D eigenvalue weighted by molar-refractivity contribution is 14.0. The molecule has 0 bridgehead atoms. The zero-order chi connectivity index (χ0) is 21.2.